The monoisotopic (exact) mass is 231 g/mol. The Morgan fingerprint density at radius 3 is 2.25 bits per heavy atom. The van der Waals surface area contributed by atoms with E-state index in [-0.39, 0.29) is 11.8 Å². The minimum Gasteiger partial charge on any atom is -0.444 e. The molecule has 16 heavy (non-hydrogen) atoms. The highest BCUT2D eigenvalue weighted by Gasteiger charge is 2.24. The number of hydrogen-bond donors (Lipinski definition) is 3. The molecule has 0 saturated carbocycles. The average Bonchev–Trinajstić information content (AvgIpc) is 2.09. The maximum Gasteiger partial charge on any atom is 0.408 e. The minimum absolute atomic E-state index is 0.00317. The van der Waals surface area contributed by atoms with Crippen molar-refractivity contribution in [2.24, 2.45) is 16.8 Å². The molecule has 6 nitrogen and oxygen atoms in total. The van der Waals surface area contributed by atoms with E-state index in [0.29, 0.717) is 0 Å². The Morgan fingerprint density at radius 1 is 1.44 bits per heavy atom. The Labute approximate surface area is 95.8 Å². The largest absolute Gasteiger partial charge is 0.444 e. The lowest BCUT2D eigenvalue weighted by Crippen LogP contribution is -2.49. The Bertz CT molecular complexity index is 269. The van der Waals surface area contributed by atoms with Gasteiger partial charge in [-0.2, -0.15) is 0 Å². The highest BCUT2D eigenvalue weighted by molar-refractivity contribution is 5.88. The molecular weight excluding hydrogens is 210 g/mol. The molecule has 0 radical (unpaired) electrons. The normalized spacial score (nSPS) is 14.8. The third-order valence-corrected chi connectivity index (χ3v) is 1.77. The number of oxime groups is 1. The Balaban J connectivity index is 4.48. The van der Waals surface area contributed by atoms with Crippen LogP contribution in [0, 0.1) is 5.92 Å². The van der Waals surface area contributed by atoms with Crippen LogP contribution in [0.3, 0.4) is 0 Å². The van der Waals surface area contributed by atoms with Crippen LogP contribution in [0.15, 0.2) is 5.16 Å². The lowest BCUT2D eigenvalue weighted by atomic mass is 10.0. The smallest absolute Gasteiger partial charge is 0.408 e. The van der Waals surface area contributed by atoms with Crippen molar-refractivity contribution in [3.63, 3.8) is 0 Å². The molecule has 94 valence electrons. The number of amidine groups is 1. The van der Waals surface area contributed by atoms with Gasteiger partial charge in [-0.3, -0.25) is 0 Å². The summed E-state index contributed by atoms with van der Waals surface area (Å²) >= 11 is 0. The zero-order valence-corrected chi connectivity index (χ0v) is 10.4. The summed E-state index contributed by atoms with van der Waals surface area (Å²) in [5.74, 6) is -0.0377. The van der Waals surface area contributed by atoms with Crippen LogP contribution >= 0.6 is 0 Å². The SMILES string of the molecule is CC(C)[C@@H](NC(=O)OC(C)(C)C)/C(N)=N\O. The number of carbonyl (C=O) groups excluding carboxylic acids is 1. The third kappa shape index (κ3) is 5.43. The topological polar surface area (TPSA) is 96.9 Å². The molecule has 0 aromatic heterocycles. The van der Waals surface area contributed by atoms with Gasteiger partial charge in [0.05, 0.1) is 6.04 Å². The van der Waals surface area contributed by atoms with Gasteiger partial charge in [0.15, 0.2) is 5.84 Å². The van der Waals surface area contributed by atoms with E-state index in [9.17, 15) is 4.79 Å². The lowest BCUT2D eigenvalue weighted by molar-refractivity contribution is 0.0507. The van der Waals surface area contributed by atoms with Gasteiger partial charge in [-0.05, 0) is 26.7 Å². The van der Waals surface area contributed by atoms with Gasteiger partial charge in [-0.15, -0.1) is 0 Å². The first-order valence-corrected chi connectivity index (χ1v) is 5.14. The van der Waals surface area contributed by atoms with E-state index in [4.69, 9.17) is 15.7 Å². The molecule has 4 N–H and O–H groups in total. The van der Waals surface area contributed by atoms with Gasteiger partial charge in [0.2, 0.25) is 0 Å². The third-order valence-electron chi connectivity index (χ3n) is 1.77. The second kappa shape index (κ2) is 5.58. The fourth-order valence-corrected chi connectivity index (χ4v) is 1.08. The molecule has 0 saturated heterocycles. The standard InChI is InChI=1S/C10H21N3O3/c1-6(2)7(8(11)13-15)12-9(14)16-10(3,4)5/h6-7,15H,1-5H3,(H2,11,13)(H,12,14)/t7-/m1/s1. The summed E-state index contributed by atoms with van der Waals surface area (Å²) < 4.78 is 5.07. The quantitative estimate of drug-likeness (QED) is 0.295. The number of carbonyl (C=O) groups is 1. The highest BCUT2D eigenvalue weighted by Crippen LogP contribution is 2.08. The number of nitrogens with one attached hydrogen (secondary N) is 1. The van der Waals surface area contributed by atoms with Crippen molar-refractivity contribution in [1.82, 2.24) is 5.32 Å². The van der Waals surface area contributed by atoms with E-state index in [1.54, 1.807) is 20.8 Å². The van der Waals surface area contributed by atoms with Crippen LogP contribution in [0.5, 0.6) is 0 Å². The fraction of sp³-hybridized carbons (Fsp3) is 0.800. The van der Waals surface area contributed by atoms with Crippen LogP contribution in [0.1, 0.15) is 34.6 Å². The maximum absolute atomic E-state index is 11.5. The Hall–Kier alpha value is -1.46. The number of amides is 1. The average molecular weight is 231 g/mol. The summed E-state index contributed by atoms with van der Waals surface area (Å²) in [5, 5.41) is 14.0. The van der Waals surface area contributed by atoms with E-state index in [1.807, 2.05) is 13.8 Å². The Morgan fingerprint density at radius 2 is 1.94 bits per heavy atom. The molecule has 0 aliphatic rings. The minimum atomic E-state index is -0.585. The van der Waals surface area contributed by atoms with Crippen molar-refractivity contribution >= 4 is 11.9 Å². The summed E-state index contributed by atoms with van der Waals surface area (Å²) in [5.41, 5.74) is 4.89. The maximum atomic E-state index is 11.5. The zero-order chi connectivity index (χ0) is 12.9. The highest BCUT2D eigenvalue weighted by atomic mass is 16.6. The van der Waals surface area contributed by atoms with E-state index < -0.39 is 17.7 Å². The molecule has 0 aliphatic carbocycles. The van der Waals surface area contributed by atoms with Crippen molar-refractivity contribution in [3.05, 3.63) is 0 Å². The number of nitrogens with two attached hydrogens (primary N) is 1. The van der Waals surface area contributed by atoms with Crippen molar-refractivity contribution in [2.45, 2.75) is 46.3 Å². The van der Waals surface area contributed by atoms with Crippen LogP contribution in [0.2, 0.25) is 0 Å². The second-order valence-corrected chi connectivity index (χ2v) is 4.89. The van der Waals surface area contributed by atoms with Gasteiger partial charge in [0, 0.05) is 0 Å². The Kier molecular flexibility index (Phi) is 5.07. The van der Waals surface area contributed by atoms with Crippen molar-refractivity contribution in [3.8, 4) is 0 Å². The number of alkyl carbamates (subject to hydrolysis) is 1. The van der Waals surface area contributed by atoms with Gasteiger partial charge >= 0.3 is 6.09 Å². The van der Waals surface area contributed by atoms with Gasteiger partial charge in [0.1, 0.15) is 5.60 Å². The predicted octanol–water partition coefficient (Wildman–Crippen LogP) is 1.28. The molecule has 6 heteroatoms. The number of hydrogen-bond acceptors (Lipinski definition) is 4. The first-order valence-electron chi connectivity index (χ1n) is 5.14. The van der Waals surface area contributed by atoms with E-state index in [1.165, 1.54) is 0 Å². The van der Waals surface area contributed by atoms with Crippen molar-refractivity contribution in [1.29, 1.82) is 0 Å². The molecule has 0 unspecified atom stereocenters. The molecule has 0 bridgehead atoms. The number of rotatable bonds is 3. The summed E-state index contributed by atoms with van der Waals surface area (Å²) in [7, 11) is 0. The van der Waals surface area contributed by atoms with Gasteiger partial charge in [-0.25, -0.2) is 4.79 Å². The number of nitrogens with zero attached hydrogens (tertiary/aromatic N) is 1. The second-order valence-electron chi connectivity index (χ2n) is 4.89. The van der Waals surface area contributed by atoms with Crippen LogP contribution in [-0.4, -0.2) is 28.8 Å². The molecule has 0 fully saturated rings. The van der Waals surface area contributed by atoms with E-state index in [2.05, 4.69) is 10.5 Å². The van der Waals surface area contributed by atoms with Crippen LogP contribution in [-0.2, 0) is 4.74 Å². The summed E-state index contributed by atoms with van der Waals surface area (Å²) in [6, 6.07) is -0.542. The van der Waals surface area contributed by atoms with Crippen LogP contribution in [0.25, 0.3) is 0 Å². The molecule has 1 amide bonds. The fourth-order valence-electron chi connectivity index (χ4n) is 1.08. The summed E-state index contributed by atoms with van der Waals surface area (Å²) in [4.78, 5) is 11.5. The molecule has 0 aliphatic heterocycles. The van der Waals surface area contributed by atoms with Crippen LogP contribution < -0.4 is 11.1 Å². The van der Waals surface area contributed by atoms with Gasteiger partial charge in [-0.1, -0.05) is 19.0 Å². The van der Waals surface area contributed by atoms with E-state index in [0.717, 1.165) is 0 Å². The summed E-state index contributed by atoms with van der Waals surface area (Å²) in [6.45, 7) is 8.99. The predicted molar refractivity (Wildman–Crippen MR) is 61.4 cm³/mol. The van der Waals surface area contributed by atoms with Gasteiger partial charge in [0.25, 0.3) is 0 Å². The molecule has 0 aromatic rings. The van der Waals surface area contributed by atoms with Crippen molar-refractivity contribution < 1.29 is 14.7 Å². The number of ether oxygens (including phenoxy) is 1. The lowest BCUT2D eigenvalue weighted by Gasteiger charge is -2.24. The molecule has 1 atom stereocenters. The molecule has 0 spiro atoms. The molecule has 0 rings (SSSR count). The van der Waals surface area contributed by atoms with Crippen molar-refractivity contribution in [2.75, 3.05) is 0 Å². The van der Waals surface area contributed by atoms with E-state index >= 15 is 0 Å². The summed E-state index contributed by atoms with van der Waals surface area (Å²) in [6.07, 6.45) is -0.585. The zero-order valence-electron chi connectivity index (χ0n) is 10.4. The van der Waals surface area contributed by atoms with Gasteiger partial charge < -0.3 is 21.0 Å². The molecule has 0 aromatic carbocycles. The van der Waals surface area contributed by atoms with Crippen LogP contribution in [0.4, 0.5) is 4.79 Å². The first kappa shape index (κ1) is 14.5. The molecule has 0 heterocycles. The molecular formula is C10H21N3O3. The first-order chi connectivity index (χ1) is 7.17.